The Kier molecular flexibility index (Phi) is 1.39. The fourth-order valence-corrected chi connectivity index (χ4v) is 0.804. The lowest BCUT2D eigenvalue weighted by Crippen LogP contribution is -2.13. The van der Waals surface area contributed by atoms with Gasteiger partial charge in [-0.2, -0.15) is 5.11 Å². The lowest BCUT2D eigenvalue weighted by Gasteiger charge is -2.21. The smallest absolute Gasteiger partial charge is 0.0624 e. The van der Waals surface area contributed by atoms with Gasteiger partial charge in [-0.15, -0.1) is 0 Å². The van der Waals surface area contributed by atoms with Gasteiger partial charge in [-0.3, -0.25) is 0 Å². The first-order valence-corrected chi connectivity index (χ1v) is 2.76. The van der Waals surface area contributed by atoms with Crippen LogP contribution in [-0.2, 0) is 0 Å². The van der Waals surface area contributed by atoms with Gasteiger partial charge in [-0.1, -0.05) is 6.42 Å². The third kappa shape index (κ3) is 0.981. The molecule has 0 radical (unpaired) electrons. The largest absolute Gasteiger partial charge is 0.210 e. The second-order valence-electron chi connectivity index (χ2n) is 2.14. The first-order valence-electron chi connectivity index (χ1n) is 2.76. The molecule has 0 spiro atoms. The van der Waals surface area contributed by atoms with Crippen molar-refractivity contribution in [3.05, 3.63) is 0 Å². The highest BCUT2D eigenvalue weighted by atomic mass is 14.9. The van der Waals surface area contributed by atoms with Crippen LogP contribution in [0.4, 0.5) is 0 Å². The molecule has 7 heavy (non-hydrogen) atoms. The SMILES string of the molecule is N=NCC1CCC1. The summed E-state index contributed by atoms with van der Waals surface area (Å²) >= 11 is 0. The van der Waals surface area contributed by atoms with Gasteiger partial charge in [0.25, 0.3) is 0 Å². The van der Waals surface area contributed by atoms with Gasteiger partial charge in [0.2, 0.25) is 0 Å². The summed E-state index contributed by atoms with van der Waals surface area (Å²) in [4.78, 5) is 0. The van der Waals surface area contributed by atoms with Crippen molar-refractivity contribution < 1.29 is 0 Å². The Morgan fingerprint density at radius 1 is 1.57 bits per heavy atom. The molecule has 1 fully saturated rings. The van der Waals surface area contributed by atoms with E-state index in [1.165, 1.54) is 19.3 Å². The van der Waals surface area contributed by atoms with Crippen LogP contribution in [0.25, 0.3) is 0 Å². The molecule has 0 aliphatic heterocycles. The minimum Gasteiger partial charge on any atom is -0.210 e. The number of nitrogens with one attached hydrogen (secondary N) is 1. The zero-order valence-corrected chi connectivity index (χ0v) is 4.35. The van der Waals surface area contributed by atoms with Gasteiger partial charge in [0.15, 0.2) is 0 Å². The van der Waals surface area contributed by atoms with Crippen LogP contribution in [0.1, 0.15) is 19.3 Å². The van der Waals surface area contributed by atoms with Crippen LogP contribution in [0.15, 0.2) is 5.11 Å². The summed E-state index contributed by atoms with van der Waals surface area (Å²) in [6, 6.07) is 0. The quantitative estimate of drug-likeness (QED) is 0.511. The summed E-state index contributed by atoms with van der Waals surface area (Å²) < 4.78 is 0. The van der Waals surface area contributed by atoms with Crippen LogP contribution in [-0.4, -0.2) is 6.54 Å². The maximum Gasteiger partial charge on any atom is 0.0624 e. The monoisotopic (exact) mass is 98.1 g/mol. The summed E-state index contributed by atoms with van der Waals surface area (Å²) in [5.74, 6) is 0.775. The van der Waals surface area contributed by atoms with E-state index in [4.69, 9.17) is 5.53 Å². The molecule has 1 aliphatic rings. The Hall–Kier alpha value is -0.400. The Morgan fingerprint density at radius 3 is 2.43 bits per heavy atom. The van der Waals surface area contributed by atoms with E-state index in [1.807, 2.05) is 0 Å². The summed E-state index contributed by atoms with van der Waals surface area (Å²) in [6.45, 7) is 0.778. The van der Waals surface area contributed by atoms with Gasteiger partial charge in [0, 0.05) is 0 Å². The van der Waals surface area contributed by atoms with E-state index >= 15 is 0 Å². The predicted molar refractivity (Wildman–Crippen MR) is 27.4 cm³/mol. The summed E-state index contributed by atoms with van der Waals surface area (Å²) in [5.41, 5.74) is 6.50. The Labute approximate surface area is 43.4 Å². The highest BCUT2D eigenvalue weighted by Gasteiger charge is 2.15. The lowest BCUT2D eigenvalue weighted by atomic mass is 9.86. The lowest BCUT2D eigenvalue weighted by molar-refractivity contribution is 0.321. The maximum atomic E-state index is 6.50. The van der Waals surface area contributed by atoms with Crippen LogP contribution >= 0.6 is 0 Å². The molecule has 0 unspecified atom stereocenters. The third-order valence-corrected chi connectivity index (χ3v) is 1.57. The normalized spacial score (nSPS) is 21.1. The molecule has 0 heterocycles. The Balaban J connectivity index is 2.03. The standard InChI is InChI=1S/C5H10N2/c6-7-4-5-2-1-3-5/h5-6H,1-4H2. The molecule has 0 amide bonds. The van der Waals surface area contributed by atoms with E-state index in [9.17, 15) is 0 Å². The molecule has 0 bridgehead atoms. The van der Waals surface area contributed by atoms with Gasteiger partial charge < -0.3 is 0 Å². The molecular formula is C5H10N2. The molecule has 1 aliphatic carbocycles. The summed E-state index contributed by atoms with van der Waals surface area (Å²) in [5, 5.41) is 3.31. The van der Waals surface area contributed by atoms with Gasteiger partial charge in [0.05, 0.1) is 6.54 Å². The minimum absolute atomic E-state index is 0.775. The fourth-order valence-electron chi connectivity index (χ4n) is 0.804. The van der Waals surface area contributed by atoms with Crippen LogP contribution in [0.3, 0.4) is 0 Å². The highest BCUT2D eigenvalue weighted by Crippen LogP contribution is 2.25. The zero-order valence-electron chi connectivity index (χ0n) is 4.35. The minimum atomic E-state index is 0.775. The van der Waals surface area contributed by atoms with Gasteiger partial charge in [-0.25, -0.2) is 5.53 Å². The van der Waals surface area contributed by atoms with E-state index in [2.05, 4.69) is 5.11 Å². The van der Waals surface area contributed by atoms with Gasteiger partial charge >= 0.3 is 0 Å². The van der Waals surface area contributed by atoms with Crippen LogP contribution in [0.2, 0.25) is 0 Å². The van der Waals surface area contributed by atoms with Crippen molar-refractivity contribution in [2.45, 2.75) is 19.3 Å². The topological polar surface area (TPSA) is 36.2 Å². The number of nitrogens with zero attached hydrogens (tertiary/aromatic N) is 1. The molecule has 40 valence electrons. The van der Waals surface area contributed by atoms with Crippen molar-refractivity contribution in [2.24, 2.45) is 11.0 Å². The predicted octanol–water partition coefficient (Wildman–Crippen LogP) is 1.82. The molecule has 2 heteroatoms. The maximum absolute atomic E-state index is 6.50. The Bertz CT molecular complexity index is 66.5. The average molecular weight is 98.1 g/mol. The number of hydrogen-bond donors (Lipinski definition) is 1. The number of rotatable bonds is 2. The molecule has 0 aromatic heterocycles. The van der Waals surface area contributed by atoms with E-state index in [0.717, 1.165) is 12.5 Å². The van der Waals surface area contributed by atoms with Crippen molar-refractivity contribution in [1.29, 1.82) is 5.53 Å². The first kappa shape index (κ1) is 4.75. The molecule has 1 rings (SSSR count). The van der Waals surface area contributed by atoms with E-state index in [0.29, 0.717) is 0 Å². The molecule has 2 nitrogen and oxygen atoms in total. The van der Waals surface area contributed by atoms with Crippen molar-refractivity contribution >= 4 is 0 Å². The van der Waals surface area contributed by atoms with Crippen LogP contribution < -0.4 is 0 Å². The summed E-state index contributed by atoms with van der Waals surface area (Å²) in [7, 11) is 0. The van der Waals surface area contributed by atoms with Crippen molar-refractivity contribution in [2.75, 3.05) is 6.54 Å². The molecule has 1 saturated carbocycles. The molecule has 0 atom stereocenters. The molecule has 0 aromatic rings. The molecular weight excluding hydrogens is 88.1 g/mol. The van der Waals surface area contributed by atoms with Crippen LogP contribution in [0.5, 0.6) is 0 Å². The average Bonchev–Trinajstić information content (AvgIpc) is 1.55. The third-order valence-electron chi connectivity index (χ3n) is 1.57. The van der Waals surface area contributed by atoms with Gasteiger partial charge in [0.1, 0.15) is 0 Å². The van der Waals surface area contributed by atoms with Crippen molar-refractivity contribution in [3.63, 3.8) is 0 Å². The summed E-state index contributed by atoms with van der Waals surface area (Å²) in [6.07, 6.45) is 3.98. The molecule has 1 N–H and O–H groups in total. The molecule has 0 aromatic carbocycles. The van der Waals surface area contributed by atoms with Gasteiger partial charge in [-0.05, 0) is 18.8 Å². The number of hydrogen-bond acceptors (Lipinski definition) is 2. The van der Waals surface area contributed by atoms with Crippen molar-refractivity contribution in [3.8, 4) is 0 Å². The fraction of sp³-hybridized carbons (Fsp3) is 1.00. The Morgan fingerprint density at radius 2 is 2.29 bits per heavy atom. The second kappa shape index (κ2) is 2.05. The van der Waals surface area contributed by atoms with Crippen molar-refractivity contribution in [1.82, 2.24) is 0 Å². The second-order valence-corrected chi connectivity index (χ2v) is 2.14. The van der Waals surface area contributed by atoms with E-state index in [1.54, 1.807) is 0 Å². The molecule has 0 saturated heterocycles. The van der Waals surface area contributed by atoms with Crippen LogP contribution in [0, 0.1) is 11.4 Å². The van der Waals surface area contributed by atoms with E-state index in [-0.39, 0.29) is 0 Å². The zero-order chi connectivity index (χ0) is 5.11. The van der Waals surface area contributed by atoms with E-state index < -0.39 is 0 Å². The first-order chi connectivity index (χ1) is 3.43. The highest BCUT2D eigenvalue weighted by molar-refractivity contribution is 4.69.